The number of hydrogen-bond acceptors (Lipinski definition) is 1. The Labute approximate surface area is 92.5 Å². The van der Waals surface area contributed by atoms with Crippen LogP contribution in [0.25, 0.3) is 0 Å². The van der Waals surface area contributed by atoms with E-state index in [1.54, 1.807) is 12.1 Å². The van der Waals surface area contributed by atoms with E-state index in [0.717, 1.165) is 5.56 Å². The van der Waals surface area contributed by atoms with Crippen molar-refractivity contribution < 1.29 is 9.90 Å². The van der Waals surface area contributed by atoms with Gasteiger partial charge in [0.15, 0.2) is 0 Å². The minimum absolute atomic E-state index is 0.166. The van der Waals surface area contributed by atoms with Crippen molar-refractivity contribution in [2.24, 2.45) is 0 Å². The summed E-state index contributed by atoms with van der Waals surface area (Å²) in [6.07, 6.45) is 1.43. The van der Waals surface area contributed by atoms with E-state index in [-0.39, 0.29) is 6.42 Å². The second-order valence-corrected chi connectivity index (χ2v) is 3.83. The average molecular weight is 233 g/mol. The van der Waals surface area contributed by atoms with E-state index in [1.807, 2.05) is 6.07 Å². The minimum Gasteiger partial charge on any atom is -0.481 e. The SMILES string of the molecule is O=C(O)CCCc1ccc(Cl)cc1Cl. The molecule has 0 aromatic heterocycles. The summed E-state index contributed by atoms with van der Waals surface area (Å²) in [7, 11) is 0. The minimum atomic E-state index is -0.782. The number of aryl methyl sites for hydroxylation is 1. The largest absolute Gasteiger partial charge is 0.481 e. The van der Waals surface area contributed by atoms with Gasteiger partial charge in [-0.2, -0.15) is 0 Å². The van der Waals surface area contributed by atoms with E-state index >= 15 is 0 Å². The molecule has 4 heteroatoms. The highest BCUT2D eigenvalue weighted by Crippen LogP contribution is 2.22. The molecule has 0 aliphatic rings. The van der Waals surface area contributed by atoms with Gasteiger partial charge in [0.2, 0.25) is 0 Å². The number of carboxylic acid groups (broad SMARTS) is 1. The fourth-order valence-corrected chi connectivity index (χ4v) is 1.66. The topological polar surface area (TPSA) is 37.3 Å². The van der Waals surface area contributed by atoms with Crippen LogP contribution in [0.15, 0.2) is 18.2 Å². The Hall–Kier alpha value is -0.730. The summed E-state index contributed by atoms with van der Waals surface area (Å²) in [6.45, 7) is 0. The zero-order chi connectivity index (χ0) is 10.6. The highest BCUT2D eigenvalue weighted by molar-refractivity contribution is 6.35. The first-order valence-electron chi connectivity index (χ1n) is 4.25. The number of rotatable bonds is 4. The monoisotopic (exact) mass is 232 g/mol. The molecule has 0 spiro atoms. The molecule has 1 aromatic rings. The summed E-state index contributed by atoms with van der Waals surface area (Å²) in [5.74, 6) is -0.782. The fourth-order valence-electron chi connectivity index (χ4n) is 1.15. The Morgan fingerprint density at radius 2 is 2.07 bits per heavy atom. The molecule has 14 heavy (non-hydrogen) atoms. The van der Waals surface area contributed by atoms with E-state index in [0.29, 0.717) is 22.9 Å². The summed E-state index contributed by atoms with van der Waals surface area (Å²) < 4.78 is 0. The first-order valence-corrected chi connectivity index (χ1v) is 5.01. The van der Waals surface area contributed by atoms with Crippen molar-refractivity contribution in [3.8, 4) is 0 Å². The van der Waals surface area contributed by atoms with Crippen LogP contribution in [-0.2, 0) is 11.2 Å². The summed E-state index contributed by atoms with van der Waals surface area (Å²) in [5.41, 5.74) is 0.942. The summed E-state index contributed by atoms with van der Waals surface area (Å²) in [6, 6.07) is 5.25. The van der Waals surface area contributed by atoms with Crippen molar-refractivity contribution in [1.82, 2.24) is 0 Å². The molecule has 0 fully saturated rings. The van der Waals surface area contributed by atoms with Gasteiger partial charge in [0.05, 0.1) is 0 Å². The third-order valence-electron chi connectivity index (χ3n) is 1.85. The molecule has 0 heterocycles. The van der Waals surface area contributed by atoms with Crippen molar-refractivity contribution in [3.63, 3.8) is 0 Å². The molecule has 1 aromatic carbocycles. The van der Waals surface area contributed by atoms with E-state index in [2.05, 4.69) is 0 Å². The Morgan fingerprint density at radius 3 is 2.64 bits per heavy atom. The van der Waals surface area contributed by atoms with E-state index in [4.69, 9.17) is 28.3 Å². The number of carboxylic acids is 1. The van der Waals surface area contributed by atoms with E-state index < -0.39 is 5.97 Å². The van der Waals surface area contributed by atoms with Gasteiger partial charge in [-0.3, -0.25) is 4.79 Å². The van der Waals surface area contributed by atoms with Gasteiger partial charge in [0, 0.05) is 16.5 Å². The number of hydrogen-bond donors (Lipinski definition) is 1. The van der Waals surface area contributed by atoms with Crippen LogP contribution in [0, 0.1) is 0 Å². The van der Waals surface area contributed by atoms with Gasteiger partial charge in [-0.1, -0.05) is 29.3 Å². The predicted octanol–water partition coefficient (Wildman–Crippen LogP) is 3.40. The molecule has 0 atom stereocenters. The highest BCUT2D eigenvalue weighted by Gasteiger charge is 2.02. The lowest BCUT2D eigenvalue weighted by Gasteiger charge is -2.02. The van der Waals surface area contributed by atoms with Crippen molar-refractivity contribution in [2.75, 3.05) is 0 Å². The third-order valence-corrected chi connectivity index (χ3v) is 2.44. The van der Waals surface area contributed by atoms with Crippen molar-refractivity contribution in [3.05, 3.63) is 33.8 Å². The zero-order valence-corrected chi connectivity index (χ0v) is 8.98. The second-order valence-electron chi connectivity index (χ2n) is 2.98. The number of carbonyl (C=O) groups is 1. The standard InChI is InChI=1S/C10H10Cl2O2/c11-8-5-4-7(9(12)6-8)2-1-3-10(13)14/h4-6H,1-3H2,(H,13,14). The predicted molar refractivity (Wildman–Crippen MR) is 57.0 cm³/mol. The highest BCUT2D eigenvalue weighted by atomic mass is 35.5. The lowest BCUT2D eigenvalue weighted by molar-refractivity contribution is -0.137. The Balaban J connectivity index is 2.55. The molecule has 76 valence electrons. The second kappa shape index (κ2) is 5.23. The van der Waals surface area contributed by atoms with Crippen LogP contribution in [0.3, 0.4) is 0 Å². The lowest BCUT2D eigenvalue weighted by Crippen LogP contribution is -1.96. The molecule has 1 rings (SSSR count). The first kappa shape index (κ1) is 11.3. The molecule has 2 nitrogen and oxygen atoms in total. The van der Waals surface area contributed by atoms with Gasteiger partial charge in [-0.15, -0.1) is 0 Å². The maximum Gasteiger partial charge on any atom is 0.303 e. The number of halogens is 2. The van der Waals surface area contributed by atoms with Crippen LogP contribution < -0.4 is 0 Å². The van der Waals surface area contributed by atoms with Crippen LogP contribution in [0.4, 0.5) is 0 Å². The maximum absolute atomic E-state index is 10.3. The van der Waals surface area contributed by atoms with Crippen molar-refractivity contribution in [1.29, 1.82) is 0 Å². The normalized spacial score (nSPS) is 10.1. The van der Waals surface area contributed by atoms with Gasteiger partial charge in [-0.05, 0) is 30.5 Å². The zero-order valence-electron chi connectivity index (χ0n) is 7.46. The van der Waals surface area contributed by atoms with Gasteiger partial charge < -0.3 is 5.11 Å². The quantitative estimate of drug-likeness (QED) is 0.865. The molecule has 0 saturated carbocycles. The molecule has 0 bridgehead atoms. The fraction of sp³-hybridized carbons (Fsp3) is 0.300. The van der Waals surface area contributed by atoms with Crippen LogP contribution in [0.5, 0.6) is 0 Å². The lowest BCUT2D eigenvalue weighted by atomic mass is 10.1. The Morgan fingerprint density at radius 1 is 1.36 bits per heavy atom. The van der Waals surface area contributed by atoms with Gasteiger partial charge in [0.25, 0.3) is 0 Å². The molecule has 0 aliphatic carbocycles. The summed E-state index contributed by atoms with van der Waals surface area (Å²) in [4.78, 5) is 10.3. The third kappa shape index (κ3) is 3.56. The molecule has 0 aliphatic heterocycles. The molecule has 0 amide bonds. The summed E-state index contributed by atoms with van der Waals surface area (Å²) >= 11 is 11.6. The molecule has 1 N–H and O–H groups in total. The van der Waals surface area contributed by atoms with E-state index in [9.17, 15) is 4.79 Å². The Kier molecular flexibility index (Phi) is 4.23. The Bertz CT molecular complexity index is 337. The molecule has 0 radical (unpaired) electrons. The summed E-state index contributed by atoms with van der Waals surface area (Å²) in [5, 5.41) is 9.65. The van der Waals surface area contributed by atoms with Gasteiger partial charge >= 0.3 is 5.97 Å². The molecular weight excluding hydrogens is 223 g/mol. The average Bonchev–Trinajstić information content (AvgIpc) is 2.08. The van der Waals surface area contributed by atoms with E-state index in [1.165, 1.54) is 0 Å². The molecular formula is C10H10Cl2O2. The van der Waals surface area contributed by atoms with Crippen molar-refractivity contribution in [2.45, 2.75) is 19.3 Å². The number of benzene rings is 1. The van der Waals surface area contributed by atoms with Gasteiger partial charge in [0.1, 0.15) is 0 Å². The van der Waals surface area contributed by atoms with Gasteiger partial charge in [-0.25, -0.2) is 0 Å². The molecule has 0 unspecified atom stereocenters. The molecule has 0 saturated heterocycles. The van der Waals surface area contributed by atoms with Crippen LogP contribution in [0.1, 0.15) is 18.4 Å². The number of aliphatic carboxylic acids is 1. The van der Waals surface area contributed by atoms with Crippen LogP contribution in [-0.4, -0.2) is 11.1 Å². The van der Waals surface area contributed by atoms with Crippen LogP contribution in [0.2, 0.25) is 10.0 Å². The van der Waals surface area contributed by atoms with Crippen molar-refractivity contribution >= 4 is 29.2 Å². The smallest absolute Gasteiger partial charge is 0.303 e. The van der Waals surface area contributed by atoms with Crippen LogP contribution >= 0.6 is 23.2 Å². The first-order chi connectivity index (χ1) is 6.59. The maximum atomic E-state index is 10.3.